The third-order valence-corrected chi connectivity index (χ3v) is 3.35. The second-order valence-corrected chi connectivity index (χ2v) is 5.54. The zero-order chi connectivity index (χ0) is 16.1. The van der Waals surface area contributed by atoms with Gasteiger partial charge in [0.05, 0.1) is 0 Å². The van der Waals surface area contributed by atoms with E-state index in [2.05, 4.69) is 10.6 Å². The molecule has 0 heterocycles. The molecule has 1 aromatic rings. The number of ether oxygens (including phenoxy) is 1. The Hall–Kier alpha value is -2.08. The van der Waals surface area contributed by atoms with Crippen LogP contribution >= 0.6 is 11.6 Å². The van der Waals surface area contributed by atoms with Crippen molar-refractivity contribution in [2.75, 3.05) is 6.54 Å². The number of carbonyl (C=O) groups is 3. The summed E-state index contributed by atoms with van der Waals surface area (Å²) in [5, 5.41) is 5.69. The number of hydrogen-bond donors (Lipinski definition) is 2. The average Bonchev–Trinajstić information content (AvgIpc) is 3.29. The third kappa shape index (κ3) is 5.04. The lowest BCUT2D eigenvalue weighted by Crippen LogP contribution is -2.39. The van der Waals surface area contributed by atoms with Crippen molar-refractivity contribution in [3.63, 3.8) is 0 Å². The monoisotopic (exact) mass is 324 g/mol. The number of benzene rings is 1. The van der Waals surface area contributed by atoms with Gasteiger partial charge in [0.15, 0.2) is 6.10 Å². The summed E-state index contributed by atoms with van der Waals surface area (Å²) in [5.41, 5.74) is 0.386. The Bertz CT molecular complexity index is 569. The third-order valence-electron chi connectivity index (χ3n) is 3.10. The molecule has 0 bridgehead atoms. The van der Waals surface area contributed by atoms with Crippen molar-refractivity contribution in [1.82, 2.24) is 10.6 Å². The van der Waals surface area contributed by atoms with Crippen LogP contribution in [0.4, 0.5) is 0 Å². The van der Waals surface area contributed by atoms with E-state index >= 15 is 0 Å². The molecule has 6 nitrogen and oxygen atoms in total. The van der Waals surface area contributed by atoms with Crippen LogP contribution in [0.2, 0.25) is 5.02 Å². The number of carbonyl (C=O) groups excluding carboxylic acids is 3. The van der Waals surface area contributed by atoms with Gasteiger partial charge in [-0.05, 0) is 44.0 Å². The SMILES string of the molecule is C[C@H](OC(=O)CNC(=O)c1ccc(Cl)cc1)C(=O)NC1CC1. The number of nitrogens with one attached hydrogen (secondary N) is 2. The Kier molecular flexibility index (Phi) is 5.38. The summed E-state index contributed by atoms with van der Waals surface area (Å²) in [4.78, 5) is 35.0. The molecule has 0 aliphatic heterocycles. The molecule has 2 amide bonds. The molecular weight excluding hydrogens is 308 g/mol. The highest BCUT2D eigenvalue weighted by Crippen LogP contribution is 2.18. The second-order valence-electron chi connectivity index (χ2n) is 5.10. The molecule has 0 radical (unpaired) electrons. The quantitative estimate of drug-likeness (QED) is 0.772. The molecule has 1 aliphatic carbocycles. The molecule has 2 N–H and O–H groups in total. The Morgan fingerprint density at radius 2 is 1.91 bits per heavy atom. The van der Waals surface area contributed by atoms with Crippen molar-refractivity contribution < 1.29 is 19.1 Å². The number of esters is 1. The summed E-state index contributed by atoms with van der Waals surface area (Å²) in [6, 6.07) is 6.47. The minimum absolute atomic E-state index is 0.207. The highest BCUT2D eigenvalue weighted by Gasteiger charge is 2.27. The number of halogens is 1. The molecule has 0 aromatic heterocycles. The van der Waals surface area contributed by atoms with Crippen LogP contribution in [0.15, 0.2) is 24.3 Å². The minimum atomic E-state index is -0.875. The largest absolute Gasteiger partial charge is 0.451 e. The fourth-order valence-electron chi connectivity index (χ4n) is 1.69. The normalized spacial score (nSPS) is 14.8. The lowest BCUT2D eigenvalue weighted by molar-refractivity contribution is -0.153. The predicted molar refractivity (Wildman–Crippen MR) is 80.5 cm³/mol. The summed E-state index contributed by atoms with van der Waals surface area (Å²) in [6.07, 6.45) is 1.05. The van der Waals surface area contributed by atoms with Gasteiger partial charge in [-0.1, -0.05) is 11.6 Å². The maximum atomic E-state index is 11.8. The predicted octanol–water partition coefficient (Wildman–Crippen LogP) is 1.28. The van der Waals surface area contributed by atoms with E-state index in [-0.39, 0.29) is 18.5 Å². The summed E-state index contributed by atoms with van der Waals surface area (Å²) in [5.74, 6) is -1.40. The summed E-state index contributed by atoms with van der Waals surface area (Å²) in [7, 11) is 0. The summed E-state index contributed by atoms with van der Waals surface area (Å²) in [6.45, 7) is 1.19. The van der Waals surface area contributed by atoms with Gasteiger partial charge in [-0.15, -0.1) is 0 Å². The number of amides is 2. The zero-order valence-electron chi connectivity index (χ0n) is 12.1. The van der Waals surface area contributed by atoms with Crippen molar-refractivity contribution in [3.05, 3.63) is 34.9 Å². The Labute approximate surface area is 133 Å². The van der Waals surface area contributed by atoms with Gasteiger partial charge in [-0.3, -0.25) is 14.4 Å². The first-order valence-electron chi connectivity index (χ1n) is 6.99. The molecule has 0 unspecified atom stereocenters. The summed E-state index contributed by atoms with van der Waals surface area (Å²) < 4.78 is 4.96. The maximum absolute atomic E-state index is 11.8. The van der Waals surface area contributed by atoms with E-state index < -0.39 is 18.0 Å². The Balaban J connectivity index is 1.73. The molecule has 0 spiro atoms. The molecule has 7 heteroatoms. The fraction of sp³-hybridized carbons (Fsp3) is 0.400. The van der Waals surface area contributed by atoms with Gasteiger partial charge in [0.25, 0.3) is 11.8 Å². The van der Waals surface area contributed by atoms with Gasteiger partial charge >= 0.3 is 5.97 Å². The van der Waals surface area contributed by atoms with Gasteiger partial charge in [-0.2, -0.15) is 0 Å². The summed E-state index contributed by atoms with van der Waals surface area (Å²) >= 11 is 5.73. The molecule has 2 rings (SSSR count). The van der Waals surface area contributed by atoms with Gasteiger partial charge in [0.2, 0.25) is 0 Å². The molecule has 118 valence electrons. The van der Waals surface area contributed by atoms with E-state index in [1.54, 1.807) is 24.3 Å². The topological polar surface area (TPSA) is 84.5 Å². The molecule has 1 atom stereocenters. The van der Waals surface area contributed by atoms with Crippen LogP contribution in [0.25, 0.3) is 0 Å². The average molecular weight is 325 g/mol. The fourth-order valence-corrected chi connectivity index (χ4v) is 1.82. The second kappa shape index (κ2) is 7.26. The first-order valence-corrected chi connectivity index (χ1v) is 7.37. The first-order chi connectivity index (χ1) is 10.5. The van der Waals surface area contributed by atoms with E-state index in [1.807, 2.05) is 0 Å². The molecule has 1 aromatic carbocycles. The maximum Gasteiger partial charge on any atom is 0.326 e. The van der Waals surface area contributed by atoms with Crippen molar-refractivity contribution in [1.29, 1.82) is 0 Å². The molecule has 1 saturated carbocycles. The molecule has 1 fully saturated rings. The van der Waals surface area contributed by atoms with E-state index in [0.717, 1.165) is 12.8 Å². The van der Waals surface area contributed by atoms with Crippen molar-refractivity contribution >= 4 is 29.4 Å². The molecule has 0 saturated heterocycles. The van der Waals surface area contributed by atoms with E-state index in [9.17, 15) is 14.4 Å². The van der Waals surface area contributed by atoms with Crippen LogP contribution in [0.3, 0.4) is 0 Å². The van der Waals surface area contributed by atoms with Crippen LogP contribution in [-0.4, -0.2) is 36.5 Å². The van der Waals surface area contributed by atoms with Crippen molar-refractivity contribution in [3.8, 4) is 0 Å². The van der Waals surface area contributed by atoms with Gasteiger partial charge < -0.3 is 15.4 Å². The van der Waals surface area contributed by atoms with E-state index in [4.69, 9.17) is 16.3 Å². The lowest BCUT2D eigenvalue weighted by Gasteiger charge is -2.13. The van der Waals surface area contributed by atoms with Crippen LogP contribution in [0.5, 0.6) is 0 Å². The Morgan fingerprint density at radius 3 is 2.50 bits per heavy atom. The molecule has 1 aliphatic rings. The van der Waals surface area contributed by atoms with Crippen molar-refractivity contribution in [2.45, 2.75) is 31.9 Å². The minimum Gasteiger partial charge on any atom is -0.451 e. The van der Waals surface area contributed by atoms with Crippen LogP contribution in [0, 0.1) is 0 Å². The molecular formula is C15H17ClN2O4. The van der Waals surface area contributed by atoms with E-state index in [1.165, 1.54) is 6.92 Å². The van der Waals surface area contributed by atoms with Crippen molar-refractivity contribution in [2.24, 2.45) is 0 Å². The number of hydrogen-bond acceptors (Lipinski definition) is 4. The first kappa shape index (κ1) is 16.3. The lowest BCUT2D eigenvalue weighted by atomic mass is 10.2. The van der Waals surface area contributed by atoms with Gasteiger partial charge in [-0.25, -0.2) is 0 Å². The highest BCUT2D eigenvalue weighted by atomic mass is 35.5. The molecule has 22 heavy (non-hydrogen) atoms. The standard InChI is InChI=1S/C15H17ClN2O4/c1-9(14(20)18-12-6-7-12)22-13(19)8-17-15(21)10-2-4-11(16)5-3-10/h2-5,9,12H,6-8H2,1H3,(H,17,21)(H,18,20)/t9-/m0/s1. The highest BCUT2D eigenvalue weighted by molar-refractivity contribution is 6.30. The van der Waals surface area contributed by atoms with Crippen LogP contribution in [-0.2, 0) is 14.3 Å². The van der Waals surface area contributed by atoms with Crippen LogP contribution in [0.1, 0.15) is 30.1 Å². The van der Waals surface area contributed by atoms with Gasteiger partial charge in [0, 0.05) is 16.6 Å². The zero-order valence-corrected chi connectivity index (χ0v) is 12.9. The number of rotatable bonds is 6. The Morgan fingerprint density at radius 1 is 1.27 bits per heavy atom. The van der Waals surface area contributed by atoms with E-state index in [0.29, 0.717) is 10.6 Å². The smallest absolute Gasteiger partial charge is 0.326 e. The van der Waals surface area contributed by atoms with Crippen LogP contribution < -0.4 is 10.6 Å². The van der Waals surface area contributed by atoms with Gasteiger partial charge in [0.1, 0.15) is 6.54 Å².